The van der Waals surface area contributed by atoms with Gasteiger partial charge in [-0.1, -0.05) is 17.7 Å². The maximum atomic E-state index is 12.6. The van der Waals surface area contributed by atoms with Gasteiger partial charge in [-0.3, -0.25) is 9.59 Å². The molecule has 0 amide bonds. The number of hydrogen-bond acceptors (Lipinski definition) is 6. The van der Waals surface area contributed by atoms with Crippen LogP contribution in [0.5, 0.6) is 11.5 Å². The van der Waals surface area contributed by atoms with Gasteiger partial charge in [0.15, 0.2) is 22.5 Å². The zero-order valence-electron chi connectivity index (χ0n) is 17.1. The monoisotopic (exact) mass is 522 g/mol. The number of para-hydroxylation sites is 1. The molecule has 0 unspecified atom stereocenters. The fourth-order valence-electron chi connectivity index (χ4n) is 3.61. The maximum Gasteiger partial charge on any atom is 0.306 e. The highest BCUT2D eigenvalue weighted by Gasteiger charge is 2.35. The molecule has 1 saturated carbocycles. The Hall–Kier alpha value is -2.55. The lowest BCUT2D eigenvalue weighted by atomic mass is 9.82. The molecule has 0 spiro atoms. The molecule has 0 radical (unpaired) electrons. The lowest BCUT2D eigenvalue weighted by Crippen LogP contribution is -2.37. The Morgan fingerprint density at radius 3 is 2.72 bits per heavy atom. The Bertz CT molecular complexity index is 1220. The van der Waals surface area contributed by atoms with Gasteiger partial charge in [-0.25, -0.2) is 0 Å². The molecular formula is C23H20BrClO7. The first-order valence-corrected chi connectivity index (χ1v) is 11.1. The van der Waals surface area contributed by atoms with Crippen LogP contribution in [0.15, 0.2) is 50.1 Å². The van der Waals surface area contributed by atoms with Crippen molar-refractivity contribution in [3.63, 3.8) is 0 Å². The Balaban J connectivity index is 1.54. The molecule has 3 aromatic rings. The number of fused-ring (bicyclic) bond motifs is 1. The number of carboxylic acid groups (broad SMARTS) is 1. The largest absolute Gasteiger partial charge is 0.492 e. The van der Waals surface area contributed by atoms with Crippen LogP contribution in [0.2, 0.25) is 5.02 Å². The van der Waals surface area contributed by atoms with Crippen molar-refractivity contribution in [1.82, 2.24) is 0 Å². The Morgan fingerprint density at radius 2 is 2.00 bits per heavy atom. The molecule has 168 valence electrons. The summed E-state index contributed by atoms with van der Waals surface area (Å²) in [5, 5.41) is 9.67. The summed E-state index contributed by atoms with van der Waals surface area (Å²) in [5.41, 5.74) is 0.622. The molecule has 1 aliphatic carbocycles. The van der Waals surface area contributed by atoms with E-state index in [4.69, 9.17) is 35.3 Å². The van der Waals surface area contributed by atoms with E-state index in [0.29, 0.717) is 62.7 Å². The number of halogens is 2. The van der Waals surface area contributed by atoms with Gasteiger partial charge in [0.1, 0.15) is 12.4 Å². The van der Waals surface area contributed by atoms with E-state index in [1.54, 1.807) is 30.3 Å². The zero-order valence-corrected chi connectivity index (χ0v) is 19.4. The van der Waals surface area contributed by atoms with E-state index >= 15 is 0 Å². The SMILES string of the molecule is COc1c(-c2cc(=O)c3cccc(Cl)c3o2)ccc(Br)c1OCCOC1CC(C(=O)O)C1. The number of rotatable bonds is 8. The highest BCUT2D eigenvalue weighted by atomic mass is 79.9. The maximum absolute atomic E-state index is 12.6. The molecule has 0 aliphatic heterocycles. The predicted octanol–water partition coefficient (Wildman–Crippen LogP) is 5.14. The summed E-state index contributed by atoms with van der Waals surface area (Å²) >= 11 is 9.69. The van der Waals surface area contributed by atoms with Crippen molar-refractivity contribution in [3.8, 4) is 22.8 Å². The number of methoxy groups -OCH3 is 1. The standard InChI is InChI=1S/C23H20BrClO7/c1-29-21-15(19-11-18(26)14-3-2-4-17(25)20(14)32-19)5-6-16(24)22(21)31-8-7-30-13-9-12(10-13)23(27)28/h2-6,11-13H,7-10H2,1H3,(H,27,28). The van der Waals surface area contributed by atoms with Crippen LogP contribution in [0.3, 0.4) is 0 Å². The van der Waals surface area contributed by atoms with Crippen LogP contribution < -0.4 is 14.9 Å². The smallest absolute Gasteiger partial charge is 0.306 e. The van der Waals surface area contributed by atoms with E-state index in [1.807, 2.05) is 0 Å². The molecule has 4 rings (SSSR count). The average molecular weight is 524 g/mol. The van der Waals surface area contributed by atoms with E-state index in [2.05, 4.69) is 15.9 Å². The second-order valence-corrected chi connectivity index (χ2v) is 8.66. The van der Waals surface area contributed by atoms with Crippen molar-refractivity contribution in [1.29, 1.82) is 0 Å². The summed E-state index contributed by atoms with van der Waals surface area (Å²) in [7, 11) is 1.50. The molecule has 1 aromatic heterocycles. The van der Waals surface area contributed by atoms with Crippen molar-refractivity contribution in [2.24, 2.45) is 5.92 Å². The molecule has 0 atom stereocenters. The fraction of sp³-hybridized carbons (Fsp3) is 0.304. The van der Waals surface area contributed by atoms with Crippen LogP contribution in [0.25, 0.3) is 22.3 Å². The van der Waals surface area contributed by atoms with Crippen LogP contribution in [0.1, 0.15) is 12.8 Å². The summed E-state index contributed by atoms with van der Waals surface area (Å²) in [6.45, 7) is 0.539. The van der Waals surface area contributed by atoms with Gasteiger partial charge >= 0.3 is 5.97 Å². The van der Waals surface area contributed by atoms with Gasteiger partial charge in [-0.15, -0.1) is 0 Å². The second kappa shape index (κ2) is 9.52. The van der Waals surface area contributed by atoms with E-state index in [9.17, 15) is 9.59 Å². The van der Waals surface area contributed by atoms with Gasteiger partial charge in [0.25, 0.3) is 0 Å². The summed E-state index contributed by atoms with van der Waals surface area (Å²) in [6.07, 6.45) is 0.968. The summed E-state index contributed by atoms with van der Waals surface area (Å²) in [6, 6.07) is 9.94. The molecule has 0 bridgehead atoms. The van der Waals surface area contributed by atoms with Gasteiger partial charge in [-0.05, 0) is 53.0 Å². The highest BCUT2D eigenvalue weighted by Crippen LogP contribution is 2.43. The minimum absolute atomic E-state index is 0.0620. The van der Waals surface area contributed by atoms with Crippen molar-refractivity contribution in [3.05, 3.63) is 56.1 Å². The molecule has 1 heterocycles. The Labute approximate surface area is 197 Å². The van der Waals surface area contributed by atoms with Crippen LogP contribution >= 0.6 is 27.5 Å². The normalized spacial score (nSPS) is 17.7. The number of hydrogen-bond donors (Lipinski definition) is 1. The first-order valence-electron chi connectivity index (χ1n) is 9.95. The second-order valence-electron chi connectivity index (χ2n) is 7.40. The van der Waals surface area contributed by atoms with Crippen LogP contribution in [-0.2, 0) is 9.53 Å². The molecular weight excluding hydrogens is 504 g/mol. The topological polar surface area (TPSA) is 95.2 Å². The van der Waals surface area contributed by atoms with Crippen molar-refractivity contribution >= 4 is 44.5 Å². The molecule has 0 saturated heterocycles. The van der Waals surface area contributed by atoms with Crippen molar-refractivity contribution < 1.29 is 28.5 Å². The molecule has 1 N–H and O–H groups in total. The molecule has 2 aromatic carbocycles. The third-order valence-electron chi connectivity index (χ3n) is 5.37. The molecule has 1 aliphatic rings. The first kappa shape index (κ1) is 22.6. The average Bonchev–Trinajstić information content (AvgIpc) is 2.73. The van der Waals surface area contributed by atoms with Gasteiger partial charge in [0, 0.05) is 6.07 Å². The van der Waals surface area contributed by atoms with Gasteiger partial charge in [-0.2, -0.15) is 0 Å². The molecule has 32 heavy (non-hydrogen) atoms. The van der Waals surface area contributed by atoms with Crippen molar-refractivity contribution in [2.45, 2.75) is 18.9 Å². The lowest BCUT2D eigenvalue weighted by molar-refractivity contribution is -0.151. The molecule has 9 heteroatoms. The van der Waals surface area contributed by atoms with E-state index in [-0.39, 0.29) is 24.1 Å². The van der Waals surface area contributed by atoms with Crippen LogP contribution in [0, 0.1) is 5.92 Å². The number of aliphatic carboxylic acids is 1. The Morgan fingerprint density at radius 1 is 1.22 bits per heavy atom. The van der Waals surface area contributed by atoms with Gasteiger partial charge in [0.2, 0.25) is 0 Å². The molecule has 7 nitrogen and oxygen atoms in total. The van der Waals surface area contributed by atoms with Gasteiger partial charge in [0.05, 0.1) is 46.2 Å². The quantitative estimate of drug-likeness (QED) is 0.408. The number of carbonyl (C=O) groups is 1. The predicted molar refractivity (Wildman–Crippen MR) is 123 cm³/mol. The first-order chi connectivity index (χ1) is 15.4. The third-order valence-corrected chi connectivity index (χ3v) is 6.29. The minimum Gasteiger partial charge on any atom is -0.492 e. The van der Waals surface area contributed by atoms with Crippen LogP contribution in [0.4, 0.5) is 0 Å². The van der Waals surface area contributed by atoms with E-state index in [0.717, 1.165) is 0 Å². The summed E-state index contributed by atoms with van der Waals surface area (Å²) < 4.78 is 23.8. The van der Waals surface area contributed by atoms with E-state index in [1.165, 1.54) is 13.2 Å². The summed E-state index contributed by atoms with van der Waals surface area (Å²) in [4.78, 5) is 23.5. The Kier molecular flexibility index (Phi) is 6.74. The van der Waals surface area contributed by atoms with E-state index < -0.39 is 5.97 Å². The highest BCUT2D eigenvalue weighted by molar-refractivity contribution is 9.10. The number of ether oxygens (including phenoxy) is 3. The van der Waals surface area contributed by atoms with Crippen molar-refractivity contribution in [2.75, 3.05) is 20.3 Å². The number of benzene rings is 2. The lowest BCUT2D eigenvalue weighted by Gasteiger charge is -2.32. The number of carboxylic acids is 1. The van der Waals surface area contributed by atoms with Crippen LogP contribution in [-0.4, -0.2) is 37.5 Å². The third kappa shape index (κ3) is 4.48. The summed E-state index contributed by atoms with van der Waals surface area (Å²) in [5.74, 6) is 0.0245. The fourth-order valence-corrected chi connectivity index (χ4v) is 4.25. The molecule has 1 fully saturated rings. The van der Waals surface area contributed by atoms with Gasteiger partial charge < -0.3 is 23.7 Å². The minimum atomic E-state index is -0.784. The zero-order chi connectivity index (χ0) is 22.8.